The van der Waals surface area contributed by atoms with E-state index < -0.39 is 5.97 Å². The predicted octanol–water partition coefficient (Wildman–Crippen LogP) is 0.167. The third-order valence-electron chi connectivity index (χ3n) is 3.63. The maximum absolute atomic E-state index is 12.3. The molecular weight excluding hydrogens is 346 g/mol. The van der Waals surface area contributed by atoms with Crippen molar-refractivity contribution in [3.63, 3.8) is 0 Å². The number of hydrogen-bond acceptors (Lipinski definition) is 7. The number of carbonyl (C=O) groups is 2. The van der Waals surface area contributed by atoms with Gasteiger partial charge in [-0.1, -0.05) is 0 Å². The van der Waals surface area contributed by atoms with Gasteiger partial charge in [0.05, 0.1) is 66.1 Å². The van der Waals surface area contributed by atoms with Crippen molar-refractivity contribution in [2.45, 2.75) is 19.3 Å². The molecule has 1 fully saturated rings. The topological polar surface area (TPSA) is 104 Å². The zero-order valence-corrected chi connectivity index (χ0v) is 15.4. The van der Waals surface area contributed by atoms with Crippen molar-refractivity contribution >= 4 is 11.9 Å². The molecule has 0 aromatic heterocycles. The Morgan fingerprint density at radius 3 is 1.42 bits per heavy atom. The van der Waals surface area contributed by atoms with E-state index in [4.69, 9.17) is 28.8 Å². The van der Waals surface area contributed by atoms with Gasteiger partial charge in [0, 0.05) is 25.9 Å². The van der Waals surface area contributed by atoms with E-state index in [-0.39, 0.29) is 18.7 Å². The van der Waals surface area contributed by atoms with Crippen LogP contribution < -0.4 is 0 Å². The number of aliphatic carboxylic acids is 1. The summed E-state index contributed by atoms with van der Waals surface area (Å²) in [6.07, 6.45) is 0.527. The lowest BCUT2D eigenvalue weighted by Gasteiger charge is -2.23. The summed E-state index contributed by atoms with van der Waals surface area (Å²) in [5.74, 6) is -0.980. The first-order valence-electron chi connectivity index (χ1n) is 9.08. The van der Waals surface area contributed by atoms with Crippen LogP contribution in [-0.2, 0) is 33.3 Å². The van der Waals surface area contributed by atoms with Gasteiger partial charge in [0.15, 0.2) is 0 Å². The zero-order chi connectivity index (χ0) is 18.9. The summed E-state index contributed by atoms with van der Waals surface area (Å²) in [4.78, 5) is 24.5. The number of nitrogens with zero attached hydrogens (tertiary/aromatic N) is 1. The van der Waals surface area contributed by atoms with Gasteiger partial charge in [0.1, 0.15) is 0 Å². The third-order valence-corrected chi connectivity index (χ3v) is 3.63. The first kappa shape index (κ1) is 22.8. The smallest absolute Gasteiger partial charge is 0.303 e. The minimum absolute atomic E-state index is 0.00896. The second-order valence-corrected chi connectivity index (χ2v) is 5.69. The summed E-state index contributed by atoms with van der Waals surface area (Å²) in [5, 5.41) is 8.68. The van der Waals surface area contributed by atoms with Gasteiger partial charge in [-0.15, -0.1) is 0 Å². The molecule has 0 bridgehead atoms. The Labute approximate surface area is 154 Å². The molecule has 1 rings (SSSR count). The number of carboxylic acids is 1. The Morgan fingerprint density at radius 1 is 0.654 bits per heavy atom. The predicted molar refractivity (Wildman–Crippen MR) is 92.2 cm³/mol. The average molecular weight is 377 g/mol. The lowest BCUT2D eigenvalue weighted by Crippen LogP contribution is -2.37. The molecule has 1 N–H and O–H groups in total. The third kappa shape index (κ3) is 13.0. The van der Waals surface area contributed by atoms with E-state index in [1.165, 1.54) is 0 Å². The highest BCUT2D eigenvalue weighted by atomic mass is 16.6. The first-order valence-corrected chi connectivity index (χ1v) is 9.08. The molecule has 0 atom stereocenters. The maximum Gasteiger partial charge on any atom is 0.303 e. The van der Waals surface area contributed by atoms with Crippen molar-refractivity contribution in [3.05, 3.63) is 0 Å². The Balaban J connectivity index is 2.35. The maximum atomic E-state index is 12.3. The van der Waals surface area contributed by atoms with Gasteiger partial charge in [-0.25, -0.2) is 0 Å². The molecule has 1 heterocycles. The van der Waals surface area contributed by atoms with Crippen molar-refractivity contribution in [1.82, 2.24) is 4.90 Å². The van der Waals surface area contributed by atoms with Crippen LogP contribution in [0.1, 0.15) is 19.3 Å². The highest BCUT2D eigenvalue weighted by Crippen LogP contribution is 2.02. The number of amides is 1. The molecule has 0 saturated carbocycles. The van der Waals surface area contributed by atoms with Crippen LogP contribution in [0.15, 0.2) is 0 Å². The van der Waals surface area contributed by atoms with E-state index in [2.05, 4.69) is 0 Å². The molecule has 9 nitrogen and oxygen atoms in total. The van der Waals surface area contributed by atoms with Crippen molar-refractivity contribution < 1.29 is 38.4 Å². The van der Waals surface area contributed by atoms with Gasteiger partial charge < -0.3 is 33.7 Å². The van der Waals surface area contributed by atoms with Crippen LogP contribution in [-0.4, -0.2) is 101 Å². The lowest BCUT2D eigenvalue weighted by molar-refractivity contribution is -0.137. The Kier molecular flexibility index (Phi) is 14.0. The fraction of sp³-hybridized carbons (Fsp3) is 0.882. The summed E-state index contributed by atoms with van der Waals surface area (Å²) < 4.78 is 27.1. The van der Waals surface area contributed by atoms with Crippen molar-refractivity contribution in [2.75, 3.05) is 79.2 Å². The molecule has 0 radical (unpaired) electrons. The standard InChI is InChI=1S/C17H31NO8/c19-16(2-1-3-17(20)21)18-4-6-22-8-10-24-12-14-26-15-13-25-11-9-23-7-5-18/h1-15H2,(H,20,21). The van der Waals surface area contributed by atoms with Crippen molar-refractivity contribution in [2.24, 2.45) is 0 Å². The number of rotatable bonds is 4. The monoisotopic (exact) mass is 377 g/mol. The molecule has 0 unspecified atom stereocenters. The fourth-order valence-electron chi connectivity index (χ4n) is 2.24. The normalized spacial score (nSPS) is 20.1. The number of carbonyl (C=O) groups excluding carboxylic acids is 1. The molecule has 1 aliphatic rings. The summed E-state index contributed by atoms with van der Waals surface area (Å²) in [7, 11) is 0. The highest BCUT2D eigenvalue weighted by molar-refractivity contribution is 5.77. The molecule has 1 amide bonds. The fourth-order valence-corrected chi connectivity index (χ4v) is 2.24. The SMILES string of the molecule is O=C(O)CCCC(=O)N1CCOCCOCCOCCOCCOCC1. The molecule has 9 heteroatoms. The minimum atomic E-state index is -0.894. The summed E-state index contributed by atoms with van der Waals surface area (Å²) >= 11 is 0. The van der Waals surface area contributed by atoms with Crippen LogP contribution >= 0.6 is 0 Å². The van der Waals surface area contributed by atoms with E-state index in [0.717, 1.165) is 0 Å². The van der Waals surface area contributed by atoms with Crippen LogP contribution in [0.3, 0.4) is 0 Å². The molecule has 152 valence electrons. The quantitative estimate of drug-likeness (QED) is 0.739. The molecule has 0 aromatic carbocycles. The summed E-state index contributed by atoms with van der Waals surface area (Å²) in [6.45, 7) is 5.52. The first-order chi connectivity index (χ1) is 12.7. The summed E-state index contributed by atoms with van der Waals surface area (Å²) in [6, 6.07) is 0. The molecule has 0 aromatic rings. The van der Waals surface area contributed by atoms with Gasteiger partial charge in [0.25, 0.3) is 0 Å². The van der Waals surface area contributed by atoms with E-state index >= 15 is 0 Å². The lowest BCUT2D eigenvalue weighted by atomic mass is 10.2. The van der Waals surface area contributed by atoms with Crippen molar-refractivity contribution in [3.8, 4) is 0 Å². The second-order valence-electron chi connectivity index (χ2n) is 5.69. The minimum Gasteiger partial charge on any atom is -0.481 e. The van der Waals surface area contributed by atoms with Crippen LogP contribution in [0.4, 0.5) is 0 Å². The van der Waals surface area contributed by atoms with Crippen LogP contribution in [0.5, 0.6) is 0 Å². The zero-order valence-electron chi connectivity index (χ0n) is 15.4. The van der Waals surface area contributed by atoms with Gasteiger partial charge in [-0.2, -0.15) is 0 Å². The largest absolute Gasteiger partial charge is 0.481 e. The Hall–Kier alpha value is -1.26. The Bertz CT molecular complexity index is 362. The van der Waals surface area contributed by atoms with E-state index in [0.29, 0.717) is 85.6 Å². The van der Waals surface area contributed by atoms with E-state index in [1.54, 1.807) is 4.90 Å². The van der Waals surface area contributed by atoms with Gasteiger partial charge in [-0.05, 0) is 6.42 Å². The van der Waals surface area contributed by atoms with Gasteiger partial charge in [0.2, 0.25) is 5.91 Å². The Morgan fingerprint density at radius 2 is 1.04 bits per heavy atom. The number of hydrogen-bond donors (Lipinski definition) is 1. The number of carboxylic acid groups (broad SMARTS) is 1. The number of ether oxygens (including phenoxy) is 5. The summed E-state index contributed by atoms with van der Waals surface area (Å²) in [5.41, 5.74) is 0. The van der Waals surface area contributed by atoms with Gasteiger partial charge >= 0.3 is 5.97 Å². The average Bonchev–Trinajstić information content (AvgIpc) is 2.61. The van der Waals surface area contributed by atoms with E-state index in [9.17, 15) is 9.59 Å². The van der Waals surface area contributed by atoms with E-state index in [1.807, 2.05) is 0 Å². The molecule has 26 heavy (non-hydrogen) atoms. The molecule has 1 aliphatic heterocycles. The molecule has 1 saturated heterocycles. The van der Waals surface area contributed by atoms with Crippen LogP contribution in [0.25, 0.3) is 0 Å². The van der Waals surface area contributed by atoms with Crippen LogP contribution in [0.2, 0.25) is 0 Å². The highest BCUT2D eigenvalue weighted by Gasteiger charge is 2.14. The van der Waals surface area contributed by atoms with Crippen molar-refractivity contribution in [1.29, 1.82) is 0 Å². The molecular formula is C17H31NO8. The molecule has 0 aliphatic carbocycles. The molecule has 0 spiro atoms. The van der Waals surface area contributed by atoms with Gasteiger partial charge in [-0.3, -0.25) is 9.59 Å². The van der Waals surface area contributed by atoms with Crippen LogP contribution in [0, 0.1) is 0 Å². The second kappa shape index (κ2) is 16.0.